The second-order valence-electron chi connectivity index (χ2n) is 6.37. The molecule has 28 heavy (non-hydrogen) atoms. The van der Waals surface area contributed by atoms with Gasteiger partial charge in [0.05, 0.1) is 18.3 Å². The Morgan fingerprint density at radius 1 is 1.25 bits per heavy atom. The van der Waals surface area contributed by atoms with Crippen molar-refractivity contribution in [1.29, 1.82) is 0 Å². The third-order valence-corrected chi connectivity index (χ3v) is 5.66. The SMILES string of the molecule is OCCN1C(=S)N[C@@H](c2ccccn2)[C@H]1c1ccc(-c2ccc(F)cc2Br)o1. The largest absolute Gasteiger partial charge is 0.459 e. The van der Waals surface area contributed by atoms with E-state index >= 15 is 0 Å². The van der Waals surface area contributed by atoms with Crippen molar-refractivity contribution in [3.8, 4) is 11.3 Å². The van der Waals surface area contributed by atoms with Crippen molar-refractivity contribution in [3.05, 3.63) is 76.5 Å². The van der Waals surface area contributed by atoms with E-state index in [1.165, 1.54) is 12.1 Å². The number of rotatable bonds is 5. The molecular weight excluding hydrogens is 445 g/mol. The minimum atomic E-state index is -0.322. The van der Waals surface area contributed by atoms with Crippen molar-refractivity contribution in [2.24, 2.45) is 0 Å². The number of hydrogen-bond donors (Lipinski definition) is 2. The van der Waals surface area contributed by atoms with E-state index in [1.807, 2.05) is 35.2 Å². The number of thiocarbonyl (C=S) groups is 1. The van der Waals surface area contributed by atoms with Gasteiger partial charge in [-0.3, -0.25) is 4.98 Å². The maximum atomic E-state index is 13.4. The normalized spacial score (nSPS) is 19.1. The molecule has 1 fully saturated rings. The van der Waals surface area contributed by atoms with Crippen LogP contribution in [-0.2, 0) is 0 Å². The van der Waals surface area contributed by atoms with Gasteiger partial charge in [-0.05, 0) is 70.6 Å². The Balaban J connectivity index is 1.73. The van der Waals surface area contributed by atoms with Gasteiger partial charge in [-0.25, -0.2) is 4.39 Å². The first-order valence-electron chi connectivity index (χ1n) is 8.72. The van der Waals surface area contributed by atoms with Gasteiger partial charge in [0.15, 0.2) is 5.11 Å². The smallest absolute Gasteiger partial charge is 0.170 e. The molecule has 3 aromatic rings. The number of hydrogen-bond acceptors (Lipinski definition) is 4. The van der Waals surface area contributed by atoms with Gasteiger partial charge in [-0.2, -0.15) is 0 Å². The summed E-state index contributed by atoms with van der Waals surface area (Å²) in [5, 5.41) is 13.3. The van der Waals surface area contributed by atoms with Crippen molar-refractivity contribution in [3.63, 3.8) is 0 Å². The van der Waals surface area contributed by atoms with E-state index in [-0.39, 0.29) is 24.5 Å². The molecule has 4 rings (SSSR count). The monoisotopic (exact) mass is 461 g/mol. The number of halogens is 2. The van der Waals surface area contributed by atoms with E-state index in [2.05, 4.69) is 26.2 Å². The summed E-state index contributed by atoms with van der Waals surface area (Å²) < 4.78 is 20.2. The fourth-order valence-corrected chi connectivity index (χ4v) is 4.29. The Labute approximate surface area is 175 Å². The van der Waals surface area contributed by atoms with Crippen LogP contribution in [0.1, 0.15) is 23.5 Å². The van der Waals surface area contributed by atoms with E-state index in [9.17, 15) is 9.50 Å². The second kappa shape index (κ2) is 7.98. The Morgan fingerprint density at radius 2 is 2.11 bits per heavy atom. The van der Waals surface area contributed by atoms with Crippen LogP contribution in [0.25, 0.3) is 11.3 Å². The molecule has 144 valence electrons. The molecule has 2 aromatic heterocycles. The number of benzene rings is 1. The molecule has 1 aliphatic rings. The van der Waals surface area contributed by atoms with Crippen LogP contribution >= 0.6 is 28.1 Å². The summed E-state index contributed by atoms with van der Waals surface area (Å²) in [6.45, 7) is 0.334. The fourth-order valence-electron chi connectivity index (χ4n) is 3.41. The summed E-state index contributed by atoms with van der Waals surface area (Å²) >= 11 is 8.87. The highest BCUT2D eigenvalue weighted by Gasteiger charge is 2.41. The Hall–Kier alpha value is -2.29. The van der Waals surface area contributed by atoms with Crippen molar-refractivity contribution in [1.82, 2.24) is 15.2 Å². The summed E-state index contributed by atoms with van der Waals surface area (Å²) in [5.41, 5.74) is 1.58. The number of pyridine rings is 1. The van der Waals surface area contributed by atoms with E-state index in [1.54, 1.807) is 12.3 Å². The molecule has 0 unspecified atom stereocenters. The third-order valence-electron chi connectivity index (χ3n) is 4.65. The maximum absolute atomic E-state index is 13.4. The van der Waals surface area contributed by atoms with Crippen molar-refractivity contribution < 1.29 is 13.9 Å². The highest BCUT2D eigenvalue weighted by atomic mass is 79.9. The second-order valence-corrected chi connectivity index (χ2v) is 7.61. The number of aliphatic hydroxyl groups is 1. The van der Waals surface area contributed by atoms with E-state index < -0.39 is 0 Å². The minimum Gasteiger partial charge on any atom is -0.459 e. The fraction of sp³-hybridized carbons (Fsp3) is 0.200. The molecule has 8 heteroatoms. The molecule has 2 N–H and O–H groups in total. The van der Waals surface area contributed by atoms with Crippen LogP contribution in [0.15, 0.2) is 63.6 Å². The molecule has 1 aliphatic heterocycles. The molecule has 5 nitrogen and oxygen atoms in total. The van der Waals surface area contributed by atoms with Crippen LogP contribution in [-0.4, -0.2) is 33.3 Å². The van der Waals surface area contributed by atoms with Crippen LogP contribution in [0.3, 0.4) is 0 Å². The van der Waals surface area contributed by atoms with E-state index in [0.29, 0.717) is 27.7 Å². The predicted octanol–water partition coefficient (Wildman–Crippen LogP) is 4.21. The van der Waals surface area contributed by atoms with Crippen molar-refractivity contribution in [2.45, 2.75) is 12.1 Å². The highest BCUT2D eigenvalue weighted by molar-refractivity contribution is 9.10. The zero-order valence-corrected chi connectivity index (χ0v) is 17.1. The summed E-state index contributed by atoms with van der Waals surface area (Å²) in [5.74, 6) is 0.975. The molecule has 1 aromatic carbocycles. The van der Waals surface area contributed by atoms with E-state index in [0.717, 1.165) is 11.3 Å². The number of β-amino-alcohol motifs (C(OH)–C–C–N with tert-alkyl or cyclic N) is 1. The lowest BCUT2D eigenvalue weighted by molar-refractivity contribution is 0.209. The van der Waals surface area contributed by atoms with Gasteiger partial charge in [0.25, 0.3) is 0 Å². The zero-order valence-electron chi connectivity index (χ0n) is 14.7. The van der Waals surface area contributed by atoms with Crippen LogP contribution in [0.5, 0.6) is 0 Å². The Kier molecular flexibility index (Phi) is 5.43. The van der Waals surface area contributed by atoms with Crippen molar-refractivity contribution in [2.75, 3.05) is 13.2 Å². The number of furan rings is 1. The molecular formula is C20H17BrFN3O2S. The lowest BCUT2D eigenvalue weighted by Gasteiger charge is -2.25. The van der Waals surface area contributed by atoms with E-state index in [4.69, 9.17) is 16.6 Å². The predicted molar refractivity (Wildman–Crippen MR) is 111 cm³/mol. The van der Waals surface area contributed by atoms with Crippen LogP contribution in [0, 0.1) is 5.82 Å². The first-order chi connectivity index (χ1) is 13.6. The topological polar surface area (TPSA) is 61.5 Å². The highest BCUT2D eigenvalue weighted by Crippen LogP contribution is 2.41. The molecule has 0 amide bonds. The molecule has 0 bridgehead atoms. The Bertz CT molecular complexity index is 998. The zero-order chi connectivity index (χ0) is 19.7. The number of nitrogens with one attached hydrogen (secondary N) is 1. The van der Waals surface area contributed by atoms with Crippen LogP contribution in [0.2, 0.25) is 0 Å². The molecule has 0 radical (unpaired) electrons. The molecule has 3 heterocycles. The average Bonchev–Trinajstić information content (AvgIpc) is 3.28. The molecule has 0 spiro atoms. The van der Waals surface area contributed by atoms with Gasteiger partial charge < -0.3 is 19.7 Å². The molecule has 1 saturated heterocycles. The van der Waals surface area contributed by atoms with Gasteiger partial charge >= 0.3 is 0 Å². The van der Waals surface area contributed by atoms with Crippen LogP contribution < -0.4 is 5.32 Å². The summed E-state index contributed by atoms with van der Waals surface area (Å²) in [4.78, 5) is 6.35. The standard InChI is InChI=1S/C20H17BrFN3O2S/c21-14-11-12(22)4-5-13(14)16-6-7-17(27-16)19-18(15-3-1-2-8-23-15)24-20(28)25(19)9-10-26/h1-8,11,18-19,26H,9-10H2,(H,24,28)/t18-,19+/m0/s1. The lowest BCUT2D eigenvalue weighted by Crippen LogP contribution is -2.32. The lowest BCUT2D eigenvalue weighted by atomic mass is 10.0. The number of nitrogens with zero attached hydrogens (tertiary/aromatic N) is 2. The summed E-state index contributed by atoms with van der Waals surface area (Å²) in [6, 6.07) is 13.4. The van der Waals surface area contributed by atoms with Gasteiger partial charge in [0, 0.05) is 22.8 Å². The van der Waals surface area contributed by atoms with Crippen molar-refractivity contribution >= 4 is 33.3 Å². The maximum Gasteiger partial charge on any atom is 0.170 e. The van der Waals surface area contributed by atoms with Gasteiger partial charge in [-0.1, -0.05) is 6.07 Å². The molecule has 2 atom stereocenters. The summed E-state index contributed by atoms with van der Waals surface area (Å²) in [6.07, 6.45) is 1.73. The Morgan fingerprint density at radius 3 is 2.82 bits per heavy atom. The first kappa shape index (κ1) is 19.0. The number of aliphatic hydroxyl groups excluding tert-OH is 1. The molecule has 0 saturated carbocycles. The first-order valence-corrected chi connectivity index (χ1v) is 9.92. The van der Waals surface area contributed by atoms with Gasteiger partial charge in [0.2, 0.25) is 0 Å². The average molecular weight is 462 g/mol. The molecule has 0 aliphatic carbocycles. The van der Waals surface area contributed by atoms with Gasteiger partial charge in [-0.15, -0.1) is 0 Å². The number of aromatic nitrogens is 1. The minimum absolute atomic E-state index is 0.0374. The quantitative estimate of drug-likeness (QED) is 0.555. The third kappa shape index (κ3) is 3.55. The summed E-state index contributed by atoms with van der Waals surface area (Å²) in [7, 11) is 0. The van der Waals surface area contributed by atoms with Crippen LogP contribution in [0.4, 0.5) is 4.39 Å². The van der Waals surface area contributed by atoms with Gasteiger partial charge in [0.1, 0.15) is 23.4 Å².